The summed E-state index contributed by atoms with van der Waals surface area (Å²) in [5.74, 6) is 0. The van der Waals surface area contributed by atoms with Crippen molar-refractivity contribution in [2.45, 2.75) is 50.9 Å². The average Bonchev–Trinajstić information content (AvgIpc) is 3.14. The summed E-state index contributed by atoms with van der Waals surface area (Å²) in [5.41, 5.74) is 1.13. The van der Waals surface area contributed by atoms with Gasteiger partial charge in [0.2, 0.25) is 0 Å². The zero-order valence-electron chi connectivity index (χ0n) is 12.4. The standard InChI is InChI=1S/C16H24BrNO2/c1-15(2,3)20-11-14(19)10-18-16(7-8-16)12-5-4-6-13(17)9-12/h4-6,9,14,18-19H,7-8,10-11H2,1-3H3. The molecule has 0 heterocycles. The quantitative estimate of drug-likeness (QED) is 0.834. The number of hydrogen-bond acceptors (Lipinski definition) is 3. The highest BCUT2D eigenvalue weighted by Gasteiger charge is 2.44. The van der Waals surface area contributed by atoms with Gasteiger partial charge >= 0.3 is 0 Å². The summed E-state index contributed by atoms with van der Waals surface area (Å²) in [4.78, 5) is 0. The number of benzene rings is 1. The maximum Gasteiger partial charge on any atom is 0.0898 e. The van der Waals surface area contributed by atoms with Crippen LogP contribution in [0.5, 0.6) is 0 Å². The van der Waals surface area contributed by atoms with Crippen molar-refractivity contribution >= 4 is 15.9 Å². The maximum absolute atomic E-state index is 10.0. The summed E-state index contributed by atoms with van der Waals surface area (Å²) in [5, 5.41) is 13.5. The van der Waals surface area contributed by atoms with Crippen LogP contribution in [0.25, 0.3) is 0 Å². The number of halogens is 1. The van der Waals surface area contributed by atoms with Gasteiger partial charge in [-0.3, -0.25) is 0 Å². The molecule has 0 spiro atoms. The van der Waals surface area contributed by atoms with Gasteiger partial charge in [0.15, 0.2) is 0 Å². The van der Waals surface area contributed by atoms with Crippen molar-refractivity contribution in [2.24, 2.45) is 0 Å². The van der Waals surface area contributed by atoms with Gasteiger partial charge in [-0.2, -0.15) is 0 Å². The molecule has 1 fully saturated rings. The predicted octanol–water partition coefficient (Wildman–Crippen LogP) is 3.20. The lowest BCUT2D eigenvalue weighted by Crippen LogP contribution is -2.39. The second-order valence-electron chi connectivity index (χ2n) is 6.55. The molecule has 1 unspecified atom stereocenters. The van der Waals surface area contributed by atoms with Gasteiger partial charge in [0.05, 0.1) is 18.3 Å². The summed E-state index contributed by atoms with van der Waals surface area (Å²) in [6.45, 7) is 6.92. The van der Waals surface area contributed by atoms with Crippen LogP contribution in [0.3, 0.4) is 0 Å². The van der Waals surface area contributed by atoms with E-state index < -0.39 is 6.10 Å². The van der Waals surface area contributed by atoms with E-state index >= 15 is 0 Å². The van der Waals surface area contributed by atoms with Crippen molar-refractivity contribution in [3.8, 4) is 0 Å². The molecule has 1 aliphatic carbocycles. The molecule has 2 rings (SSSR count). The number of hydrogen-bond donors (Lipinski definition) is 2. The fourth-order valence-corrected chi connectivity index (χ4v) is 2.60. The SMILES string of the molecule is CC(C)(C)OCC(O)CNC1(c2cccc(Br)c2)CC1. The number of aliphatic hydroxyl groups is 1. The summed E-state index contributed by atoms with van der Waals surface area (Å²) in [7, 11) is 0. The van der Waals surface area contributed by atoms with Crippen molar-refractivity contribution in [1.29, 1.82) is 0 Å². The third-order valence-corrected chi connectivity index (χ3v) is 4.01. The predicted molar refractivity (Wildman–Crippen MR) is 84.8 cm³/mol. The van der Waals surface area contributed by atoms with Gasteiger partial charge < -0.3 is 15.2 Å². The zero-order valence-corrected chi connectivity index (χ0v) is 14.0. The van der Waals surface area contributed by atoms with E-state index in [-0.39, 0.29) is 11.1 Å². The molecular weight excluding hydrogens is 318 g/mol. The zero-order chi connectivity index (χ0) is 14.8. The highest BCUT2D eigenvalue weighted by atomic mass is 79.9. The summed E-state index contributed by atoms with van der Waals surface area (Å²) in [6, 6.07) is 8.38. The Morgan fingerprint density at radius 3 is 2.65 bits per heavy atom. The molecule has 112 valence electrons. The molecule has 20 heavy (non-hydrogen) atoms. The number of ether oxygens (including phenoxy) is 1. The van der Waals surface area contributed by atoms with Gasteiger partial charge in [0.1, 0.15) is 0 Å². The Morgan fingerprint density at radius 1 is 1.40 bits per heavy atom. The molecular formula is C16H24BrNO2. The Kier molecular flexibility index (Phi) is 4.90. The summed E-state index contributed by atoms with van der Waals surface area (Å²) in [6.07, 6.45) is 1.77. The monoisotopic (exact) mass is 341 g/mol. The van der Waals surface area contributed by atoms with Crippen LogP contribution in [0.4, 0.5) is 0 Å². The average molecular weight is 342 g/mol. The molecule has 1 aromatic carbocycles. The van der Waals surface area contributed by atoms with Gasteiger partial charge in [-0.05, 0) is 51.3 Å². The van der Waals surface area contributed by atoms with Crippen LogP contribution in [0.2, 0.25) is 0 Å². The Morgan fingerprint density at radius 2 is 2.10 bits per heavy atom. The molecule has 1 aliphatic rings. The van der Waals surface area contributed by atoms with Gasteiger partial charge in [0.25, 0.3) is 0 Å². The minimum atomic E-state index is -0.473. The largest absolute Gasteiger partial charge is 0.389 e. The van der Waals surface area contributed by atoms with Gasteiger partial charge in [-0.25, -0.2) is 0 Å². The highest BCUT2D eigenvalue weighted by molar-refractivity contribution is 9.10. The van der Waals surface area contributed by atoms with Crippen LogP contribution >= 0.6 is 15.9 Å². The first-order chi connectivity index (χ1) is 9.31. The maximum atomic E-state index is 10.0. The lowest BCUT2D eigenvalue weighted by Gasteiger charge is -2.24. The fourth-order valence-electron chi connectivity index (χ4n) is 2.20. The van der Waals surface area contributed by atoms with Crippen molar-refractivity contribution in [2.75, 3.05) is 13.2 Å². The molecule has 1 atom stereocenters. The van der Waals surface area contributed by atoms with Crippen LogP contribution in [0, 0.1) is 0 Å². The van der Waals surface area contributed by atoms with E-state index in [0.29, 0.717) is 13.2 Å². The topological polar surface area (TPSA) is 41.5 Å². The van der Waals surface area contributed by atoms with Crippen molar-refractivity contribution < 1.29 is 9.84 Å². The third-order valence-electron chi connectivity index (χ3n) is 3.51. The second-order valence-corrected chi connectivity index (χ2v) is 7.47. The molecule has 1 aromatic rings. The van der Waals surface area contributed by atoms with E-state index in [1.54, 1.807) is 0 Å². The minimum absolute atomic E-state index is 0.0481. The number of aliphatic hydroxyl groups excluding tert-OH is 1. The normalized spacial score (nSPS) is 18.9. The van der Waals surface area contributed by atoms with E-state index in [1.807, 2.05) is 26.8 Å². The number of rotatable bonds is 6. The van der Waals surface area contributed by atoms with Crippen LogP contribution < -0.4 is 5.32 Å². The Hall–Kier alpha value is -0.420. The third kappa shape index (κ3) is 4.55. The molecule has 0 bridgehead atoms. The molecule has 0 radical (unpaired) electrons. The molecule has 2 N–H and O–H groups in total. The van der Waals surface area contributed by atoms with Crippen LogP contribution in [0.15, 0.2) is 28.7 Å². The van der Waals surface area contributed by atoms with E-state index in [2.05, 4.69) is 39.4 Å². The van der Waals surface area contributed by atoms with Crippen molar-refractivity contribution in [1.82, 2.24) is 5.32 Å². The van der Waals surface area contributed by atoms with Crippen LogP contribution in [-0.2, 0) is 10.3 Å². The highest BCUT2D eigenvalue weighted by Crippen LogP contribution is 2.45. The van der Waals surface area contributed by atoms with E-state index in [1.165, 1.54) is 5.56 Å². The first-order valence-electron chi connectivity index (χ1n) is 7.14. The molecule has 0 aliphatic heterocycles. The minimum Gasteiger partial charge on any atom is -0.389 e. The Balaban J connectivity index is 1.84. The molecule has 3 nitrogen and oxygen atoms in total. The van der Waals surface area contributed by atoms with Gasteiger partial charge in [-0.1, -0.05) is 28.1 Å². The smallest absolute Gasteiger partial charge is 0.0898 e. The lowest BCUT2D eigenvalue weighted by molar-refractivity contribution is -0.0486. The molecule has 0 saturated heterocycles. The summed E-state index contributed by atoms with van der Waals surface area (Å²) >= 11 is 3.51. The molecule has 0 aromatic heterocycles. The molecule has 4 heteroatoms. The second kappa shape index (κ2) is 6.14. The Bertz CT molecular complexity index is 452. The van der Waals surface area contributed by atoms with E-state index in [9.17, 15) is 5.11 Å². The van der Waals surface area contributed by atoms with Crippen molar-refractivity contribution in [3.05, 3.63) is 34.3 Å². The van der Waals surface area contributed by atoms with Crippen LogP contribution in [0.1, 0.15) is 39.2 Å². The van der Waals surface area contributed by atoms with E-state index in [0.717, 1.165) is 17.3 Å². The first-order valence-corrected chi connectivity index (χ1v) is 7.93. The van der Waals surface area contributed by atoms with Gasteiger partial charge in [-0.15, -0.1) is 0 Å². The van der Waals surface area contributed by atoms with Crippen LogP contribution in [-0.4, -0.2) is 30.0 Å². The fraction of sp³-hybridized carbons (Fsp3) is 0.625. The van der Waals surface area contributed by atoms with E-state index in [4.69, 9.17) is 4.74 Å². The van der Waals surface area contributed by atoms with Crippen molar-refractivity contribution in [3.63, 3.8) is 0 Å². The lowest BCUT2D eigenvalue weighted by atomic mass is 10.0. The Labute approximate surface area is 129 Å². The van der Waals surface area contributed by atoms with Gasteiger partial charge in [0, 0.05) is 16.6 Å². The first kappa shape index (κ1) is 16.0. The summed E-state index contributed by atoms with van der Waals surface area (Å²) < 4.78 is 6.70. The number of nitrogens with one attached hydrogen (secondary N) is 1. The molecule has 1 saturated carbocycles. The molecule has 0 amide bonds.